The molecule has 1 unspecified atom stereocenters. The zero-order valence-corrected chi connectivity index (χ0v) is 32.6. The van der Waals surface area contributed by atoms with Crippen molar-refractivity contribution >= 4 is 63.9 Å². The van der Waals surface area contributed by atoms with Crippen LogP contribution in [0.15, 0.2) is 60.7 Å². The Morgan fingerprint density at radius 1 is 0.897 bits per heavy atom. The van der Waals surface area contributed by atoms with Gasteiger partial charge in [-0.25, -0.2) is 0 Å². The van der Waals surface area contributed by atoms with Gasteiger partial charge in [-0.2, -0.15) is 18.4 Å². The van der Waals surface area contributed by atoms with Gasteiger partial charge in [0.2, 0.25) is 11.8 Å². The lowest BCUT2D eigenvalue weighted by Gasteiger charge is -2.36. The van der Waals surface area contributed by atoms with Gasteiger partial charge >= 0.3 is 6.18 Å². The number of thiocarbonyl (C=S) groups is 1. The molecule has 5 amide bonds. The van der Waals surface area contributed by atoms with E-state index in [2.05, 4.69) is 15.1 Å². The highest BCUT2D eigenvalue weighted by molar-refractivity contribution is 7.81. The summed E-state index contributed by atoms with van der Waals surface area (Å²) in [7, 11) is 0. The number of unbranched alkanes of at least 4 members (excludes halogenated alkanes) is 2. The number of benzene rings is 3. The number of piperazine rings is 1. The smallest absolute Gasteiger partial charge is 0.419 e. The van der Waals surface area contributed by atoms with Crippen LogP contribution in [0.5, 0.6) is 5.75 Å². The van der Waals surface area contributed by atoms with E-state index >= 15 is 0 Å². The van der Waals surface area contributed by atoms with Crippen molar-refractivity contribution in [2.24, 2.45) is 0 Å². The van der Waals surface area contributed by atoms with Gasteiger partial charge in [0, 0.05) is 44.0 Å². The quantitative estimate of drug-likeness (QED) is 0.154. The van der Waals surface area contributed by atoms with Crippen molar-refractivity contribution in [3.8, 4) is 11.8 Å². The normalized spacial score (nSPS) is 19.8. The molecule has 0 aromatic heterocycles. The molecule has 3 fully saturated rings. The second kappa shape index (κ2) is 15.8. The number of ether oxygens (including phenoxy) is 1. The number of carbonyl (C=O) groups excluding carboxylic acids is 5. The van der Waals surface area contributed by atoms with E-state index in [1.165, 1.54) is 18.2 Å². The summed E-state index contributed by atoms with van der Waals surface area (Å²) >= 11 is 5.63. The summed E-state index contributed by atoms with van der Waals surface area (Å²) in [5.74, 6) is -2.40. The number of nitrogens with zero attached hydrogens (tertiary/aromatic N) is 6. The maximum atomic E-state index is 14.1. The lowest BCUT2D eigenvalue weighted by molar-refractivity contribution is -0.138. The maximum absolute atomic E-state index is 14.1. The molecule has 0 aliphatic carbocycles. The number of hydrogen-bond acceptors (Lipinski definition) is 10. The second-order valence-corrected chi connectivity index (χ2v) is 15.4. The van der Waals surface area contributed by atoms with E-state index in [-0.39, 0.29) is 29.1 Å². The molecule has 1 atom stereocenters. The fourth-order valence-electron chi connectivity index (χ4n) is 7.94. The van der Waals surface area contributed by atoms with Gasteiger partial charge in [-0.05, 0) is 113 Å². The minimum absolute atomic E-state index is 0.0532. The van der Waals surface area contributed by atoms with Crippen molar-refractivity contribution in [1.82, 2.24) is 15.1 Å². The summed E-state index contributed by atoms with van der Waals surface area (Å²) in [6.07, 6.45) is -2.07. The highest BCUT2D eigenvalue weighted by atomic mass is 32.1. The van der Waals surface area contributed by atoms with Crippen LogP contribution in [0.4, 0.5) is 30.2 Å². The van der Waals surface area contributed by atoms with E-state index in [1.54, 1.807) is 43.0 Å². The average Bonchev–Trinajstić information content (AvgIpc) is 3.54. The molecule has 302 valence electrons. The molecule has 1 N–H and O–H groups in total. The minimum atomic E-state index is -4.89. The molecule has 4 aliphatic heterocycles. The Kier molecular flexibility index (Phi) is 11.0. The number of nitrogens with one attached hydrogen (secondary N) is 1. The van der Waals surface area contributed by atoms with Gasteiger partial charge in [0.15, 0.2) is 5.11 Å². The Labute approximate surface area is 337 Å². The Bertz CT molecular complexity index is 2230. The standard InChI is InChI=1S/C41H40F3N7O6S/c1-40(2)38(56)50(31-8-6-7-25(24-45)34(31)41(42,43)44)39(58)51(40)27-11-9-26(10-12-27)48-20-18-47(19-21-48)17-4-3-5-22-57-28-13-14-29-30(23-28)37(55)49(36(29)54)32-15-16-33(52)46-35(32)53/h6-14,23,32H,3-5,15-22H2,1-2H3,(H,46,52,53). The van der Waals surface area contributed by atoms with Crippen molar-refractivity contribution in [2.75, 3.05) is 54.0 Å². The van der Waals surface area contributed by atoms with Crippen molar-refractivity contribution in [2.45, 2.75) is 63.7 Å². The summed E-state index contributed by atoms with van der Waals surface area (Å²) in [6.45, 7) is 7.83. The van der Waals surface area contributed by atoms with Crippen molar-refractivity contribution < 1.29 is 41.9 Å². The molecule has 0 spiro atoms. The van der Waals surface area contributed by atoms with Gasteiger partial charge in [0.05, 0.1) is 40.6 Å². The molecule has 4 heterocycles. The first-order chi connectivity index (χ1) is 27.6. The lowest BCUT2D eigenvalue weighted by Crippen LogP contribution is -2.54. The lowest BCUT2D eigenvalue weighted by atomic mass is 10.0. The molecule has 17 heteroatoms. The summed E-state index contributed by atoms with van der Waals surface area (Å²) in [6, 6.07) is 16.2. The zero-order valence-electron chi connectivity index (χ0n) is 31.8. The number of imide groups is 2. The Hall–Kier alpha value is -5.86. The first-order valence-corrected chi connectivity index (χ1v) is 19.4. The molecule has 0 saturated carbocycles. The maximum Gasteiger partial charge on any atom is 0.419 e. The molecule has 3 aromatic carbocycles. The van der Waals surface area contributed by atoms with Crippen molar-refractivity contribution in [1.29, 1.82) is 5.26 Å². The third-order valence-corrected chi connectivity index (χ3v) is 11.4. The van der Waals surface area contributed by atoms with Crippen LogP contribution in [-0.4, -0.2) is 95.4 Å². The van der Waals surface area contributed by atoms with Gasteiger partial charge in [0.1, 0.15) is 17.3 Å². The first kappa shape index (κ1) is 40.3. The zero-order chi connectivity index (χ0) is 41.5. The van der Waals surface area contributed by atoms with Crippen LogP contribution in [0, 0.1) is 11.3 Å². The number of alkyl halides is 3. The number of halogens is 3. The topological polar surface area (TPSA) is 147 Å². The molecule has 58 heavy (non-hydrogen) atoms. The van der Waals surface area contributed by atoms with Crippen LogP contribution in [-0.2, 0) is 20.6 Å². The first-order valence-electron chi connectivity index (χ1n) is 19.0. The number of rotatable bonds is 11. The van der Waals surface area contributed by atoms with E-state index in [9.17, 15) is 42.4 Å². The third kappa shape index (κ3) is 7.49. The number of amides is 5. The van der Waals surface area contributed by atoms with Crippen LogP contribution in [0.1, 0.15) is 77.8 Å². The predicted octanol–water partition coefficient (Wildman–Crippen LogP) is 5.27. The fraction of sp³-hybridized carbons (Fsp3) is 0.390. The van der Waals surface area contributed by atoms with E-state index < -0.39 is 64.1 Å². The van der Waals surface area contributed by atoms with E-state index in [1.807, 2.05) is 12.1 Å². The molecule has 13 nitrogen and oxygen atoms in total. The van der Waals surface area contributed by atoms with Gasteiger partial charge in [0.25, 0.3) is 17.7 Å². The largest absolute Gasteiger partial charge is 0.494 e. The monoisotopic (exact) mass is 815 g/mol. The molecular weight excluding hydrogens is 776 g/mol. The van der Waals surface area contributed by atoms with Gasteiger partial charge in [-0.1, -0.05) is 6.07 Å². The van der Waals surface area contributed by atoms with Crippen molar-refractivity contribution in [3.63, 3.8) is 0 Å². The average molecular weight is 816 g/mol. The summed E-state index contributed by atoms with van der Waals surface area (Å²) in [5.41, 5.74) is -1.67. The molecule has 4 aliphatic rings. The van der Waals surface area contributed by atoms with Gasteiger partial charge in [-0.15, -0.1) is 0 Å². The predicted molar refractivity (Wildman–Crippen MR) is 210 cm³/mol. The molecular formula is C41H40F3N7O6S. The van der Waals surface area contributed by atoms with Crippen LogP contribution in [0.2, 0.25) is 0 Å². The molecule has 0 radical (unpaired) electrons. The van der Waals surface area contributed by atoms with E-state index in [0.29, 0.717) is 18.0 Å². The van der Waals surface area contributed by atoms with Gasteiger partial charge in [-0.3, -0.25) is 44.0 Å². The second-order valence-electron chi connectivity index (χ2n) is 15.0. The summed E-state index contributed by atoms with van der Waals surface area (Å²) < 4.78 is 48.3. The van der Waals surface area contributed by atoms with E-state index in [0.717, 1.165) is 79.6 Å². The van der Waals surface area contributed by atoms with Crippen LogP contribution < -0.4 is 24.8 Å². The molecule has 3 aromatic rings. The number of nitriles is 1. The Balaban J connectivity index is 0.868. The third-order valence-electron chi connectivity index (χ3n) is 11.0. The molecule has 3 saturated heterocycles. The van der Waals surface area contributed by atoms with E-state index in [4.69, 9.17) is 17.0 Å². The van der Waals surface area contributed by atoms with Gasteiger partial charge < -0.3 is 14.5 Å². The minimum Gasteiger partial charge on any atom is -0.494 e. The van der Waals surface area contributed by atoms with Crippen molar-refractivity contribution in [3.05, 3.63) is 82.9 Å². The number of carbonyl (C=O) groups is 5. The molecule has 0 bridgehead atoms. The van der Waals surface area contributed by atoms with Crippen LogP contribution >= 0.6 is 12.2 Å². The SMILES string of the molecule is CC1(C)C(=O)N(c2cccc(C#N)c2C(F)(F)F)C(=S)N1c1ccc(N2CCN(CCCCCOc3ccc4c(c3)C(=O)N(C3CCC(=O)NC3=O)C4=O)CC2)cc1. The Morgan fingerprint density at radius 3 is 2.26 bits per heavy atom. The van der Waals surface area contributed by atoms with Crippen LogP contribution in [0.25, 0.3) is 0 Å². The summed E-state index contributed by atoms with van der Waals surface area (Å²) in [4.78, 5) is 71.5. The molecule has 7 rings (SSSR count). The highest BCUT2D eigenvalue weighted by Crippen LogP contribution is 2.44. The highest BCUT2D eigenvalue weighted by Gasteiger charge is 2.52. The fourth-order valence-corrected chi connectivity index (χ4v) is 8.46. The number of piperidine rings is 1. The number of fused-ring (bicyclic) bond motifs is 1. The number of anilines is 3. The number of hydrogen-bond donors (Lipinski definition) is 1. The summed E-state index contributed by atoms with van der Waals surface area (Å²) in [5, 5.41) is 11.5. The Morgan fingerprint density at radius 2 is 1.59 bits per heavy atom. The van der Waals surface area contributed by atoms with Crippen LogP contribution in [0.3, 0.4) is 0 Å².